The average molecular weight is 372 g/mol. The van der Waals surface area contributed by atoms with Crippen molar-refractivity contribution in [1.29, 1.82) is 0 Å². The van der Waals surface area contributed by atoms with Crippen molar-refractivity contribution in [3.05, 3.63) is 28.5 Å². The third kappa shape index (κ3) is 3.79. The summed E-state index contributed by atoms with van der Waals surface area (Å²) in [5.41, 5.74) is 2.13. The predicted octanol–water partition coefficient (Wildman–Crippen LogP) is 4.92. The number of rotatable bonds is 7. The number of alkyl halides is 1. The van der Waals surface area contributed by atoms with Crippen molar-refractivity contribution in [3.63, 3.8) is 0 Å². The Morgan fingerprint density at radius 2 is 2.29 bits per heavy atom. The number of aromatic nitrogens is 2. The monoisotopic (exact) mass is 370 g/mol. The van der Waals surface area contributed by atoms with Crippen LogP contribution in [0.5, 0.6) is 0 Å². The number of imidazole rings is 1. The third-order valence-electron chi connectivity index (χ3n) is 3.82. The lowest BCUT2D eigenvalue weighted by Crippen LogP contribution is -2.08. The van der Waals surface area contributed by atoms with Crippen LogP contribution in [-0.4, -0.2) is 22.8 Å². The second-order valence-electron chi connectivity index (χ2n) is 5.74. The highest BCUT2D eigenvalue weighted by Crippen LogP contribution is 2.29. The molecule has 0 amide bonds. The molecule has 0 saturated heterocycles. The molecule has 1 aromatic heterocycles. The van der Waals surface area contributed by atoms with Gasteiger partial charge in [0, 0.05) is 24.2 Å². The summed E-state index contributed by atoms with van der Waals surface area (Å²) in [6.07, 6.45) is 3.68. The van der Waals surface area contributed by atoms with Gasteiger partial charge in [0.1, 0.15) is 5.82 Å². The minimum absolute atomic E-state index is 0.0939. The van der Waals surface area contributed by atoms with Crippen molar-refractivity contribution >= 4 is 38.6 Å². The van der Waals surface area contributed by atoms with Crippen LogP contribution in [0.3, 0.4) is 0 Å². The van der Waals surface area contributed by atoms with E-state index in [1.54, 1.807) is 0 Å². The maximum absolute atomic E-state index is 6.28. The van der Waals surface area contributed by atoms with E-state index in [1.807, 2.05) is 19.1 Å². The van der Waals surface area contributed by atoms with Gasteiger partial charge in [-0.25, -0.2) is 4.98 Å². The quantitative estimate of drug-likeness (QED) is 0.510. The van der Waals surface area contributed by atoms with E-state index in [9.17, 15) is 0 Å². The molecular weight excluding hydrogens is 352 g/mol. The maximum atomic E-state index is 6.28. The molecule has 1 unspecified atom stereocenters. The van der Waals surface area contributed by atoms with Gasteiger partial charge >= 0.3 is 0 Å². The lowest BCUT2D eigenvalue weighted by molar-refractivity contribution is 0.119. The standard InChI is InChI=1S/C16H20BrClN2O/c1-11(18)16-19-14-9-13(17)5-6-15(14)20(16)7-2-8-21-10-12-3-4-12/h5-6,9,11-12H,2-4,7-8,10H2,1H3. The molecule has 114 valence electrons. The van der Waals surface area contributed by atoms with Crippen LogP contribution in [0.25, 0.3) is 11.0 Å². The first-order valence-corrected chi connectivity index (χ1v) is 8.75. The summed E-state index contributed by atoms with van der Waals surface area (Å²) >= 11 is 9.78. The van der Waals surface area contributed by atoms with Gasteiger partial charge in [-0.2, -0.15) is 0 Å². The van der Waals surface area contributed by atoms with Crippen LogP contribution in [0, 0.1) is 5.92 Å². The van der Waals surface area contributed by atoms with Crippen molar-refractivity contribution in [1.82, 2.24) is 9.55 Å². The van der Waals surface area contributed by atoms with E-state index in [1.165, 1.54) is 12.8 Å². The molecule has 3 rings (SSSR count). The fourth-order valence-corrected chi connectivity index (χ4v) is 3.04. The number of aryl methyl sites for hydroxylation is 1. The summed E-state index contributed by atoms with van der Waals surface area (Å²) in [6.45, 7) is 4.60. The zero-order valence-electron chi connectivity index (χ0n) is 12.2. The molecule has 21 heavy (non-hydrogen) atoms. The normalized spacial score (nSPS) is 16.5. The molecule has 1 saturated carbocycles. The first-order valence-electron chi connectivity index (χ1n) is 7.52. The van der Waals surface area contributed by atoms with E-state index in [0.29, 0.717) is 0 Å². The molecule has 1 aromatic carbocycles. The Kier molecular flexibility index (Phi) is 4.87. The van der Waals surface area contributed by atoms with Gasteiger partial charge in [-0.05, 0) is 50.3 Å². The molecule has 1 fully saturated rings. The molecule has 1 aliphatic rings. The van der Waals surface area contributed by atoms with E-state index in [0.717, 1.165) is 53.4 Å². The minimum Gasteiger partial charge on any atom is -0.381 e. The molecule has 2 aromatic rings. The van der Waals surface area contributed by atoms with Crippen LogP contribution in [0.15, 0.2) is 22.7 Å². The van der Waals surface area contributed by atoms with Gasteiger partial charge < -0.3 is 9.30 Å². The first kappa shape index (κ1) is 15.3. The van der Waals surface area contributed by atoms with Crippen molar-refractivity contribution in [3.8, 4) is 0 Å². The molecule has 1 heterocycles. The van der Waals surface area contributed by atoms with Gasteiger partial charge in [0.2, 0.25) is 0 Å². The summed E-state index contributed by atoms with van der Waals surface area (Å²) < 4.78 is 8.98. The second kappa shape index (κ2) is 6.67. The van der Waals surface area contributed by atoms with Crippen molar-refractivity contribution in [2.75, 3.05) is 13.2 Å². The van der Waals surface area contributed by atoms with Gasteiger partial charge in [-0.15, -0.1) is 11.6 Å². The predicted molar refractivity (Wildman–Crippen MR) is 89.9 cm³/mol. The van der Waals surface area contributed by atoms with Crippen LogP contribution in [0.1, 0.15) is 37.4 Å². The summed E-state index contributed by atoms with van der Waals surface area (Å²) in [7, 11) is 0. The van der Waals surface area contributed by atoms with Gasteiger partial charge in [-0.1, -0.05) is 15.9 Å². The highest BCUT2D eigenvalue weighted by atomic mass is 79.9. The molecular formula is C16H20BrClN2O. The largest absolute Gasteiger partial charge is 0.381 e. The van der Waals surface area contributed by atoms with Crippen molar-refractivity contribution in [2.24, 2.45) is 5.92 Å². The number of benzene rings is 1. The Hall–Kier alpha value is -0.580. The summed E-state index contributed by atoms with van der Waals surface area (Å²) in [5.74, 6) is 1.77. The summed E-state index contributed by atoms with van der Waals surface area (Å²) in [4.78, 5) is 4.67. The smallest absolute Gasteiger partial charge is 0.127 e. The van der Waals surface area contributed by atoms with E-state index in [-0.39, 0.29) is 5.38 Å². The maximum Gasteiger partial charge on any atom is 0.127 e. The van der Waals surface area contributed by atoms with Crippen LogP contribution in [0.4, 0.5) is 0 Å². The number of halogens is 2. The first-order chi connectivity index (χ1) is 10.1. The summed E-state index contributed by atoms with van der Waals surface area (Å²) in [5, 5.41) is -0.0939. The van der Waals surface area contributed by atoms with Crippen LogP contribution >= 0.6 is 27.5 Å². The molecule has 0 N–H and O–H groups in total. The van der Waals surface area contributed by atoms with Gasteiger partial charge in [-0.3, -0.25) is 0 Å². The van der Waals surface area contributed by atoms with Crippen molar-refractivity contribution in [2.45, 2.75) is 38.1 Å². The molecule has 5 heteroatoms. The van der Waals surface area contributed by atoms with E-state index < -0.39 is 0 Å². The summed E-state index contributed by atoms with van der Waals surface area (Å²) in [6, 6.07) is 6.19. The Morgan fingerprint density at radius 1 is 1.48 bits per heavy atom. The molecule has 0 radical (unpaired) electrons. The molecule has 1 atom stereocenters. The topological polar surface area (TPSA) is 27.1 Å². The van der Waals surface area contributed by atoms with Gasteiger partial charge in [0.25, 0.3) is 0 Å². The molecule has 1 aliphatic carbocycles. The van der Waals surface area contributed by atoms with E-state index >= 15 is 0 Å². The third-order valence-corrected chi connectivity index (χ3v) is 4.50. The Labute approximate surface area is 138 Å². The molecule has 0 spiro atoms. The Morgan fingerprint density at radius 3 is 3.00 bits per heavy atom. The number of ether oxygens (including phenoxy) is 1. The zero-order chi connectivity index (χ0) is 14.8. The van der Waals surface area contributed by atoms with Crippen molar-refractivity contribution < 1.29 is 4.74 Å². The lowest BCUT2D eigenvalue weighted by atomic mass is 10.3. The highest BCUT2D eigenvalue weighted by Gasteiger charge is 2.21. The number of nitrogens with zero attached hydrogens (tertiary/aromatic N) is 2. The Balaban J connectivity index is 1.70. The fraction of sp³-hybridized carbons (Fsp3) is 0.562. The van der Waals surface area contributed by atoms with Crippen LogP contribution < -0.4 is 0 Å². The molecule has 0 bridgehead atoms. The average Bonchev–Trinajstić information content (AvgIpc) is 3.19. The minimum atomic E-state index is -0.0939. The molecule has 0 aliphatic heterocycles. The number of hydrogen-bond acceptors (Lipinski definition) is 2. The van der Waals surface area contributed by atoms with E-state index in [2.05, 4.69) is 31.5 Å². The zero-order valence-corrected chi connectivity index (χ0v) is 14.5. The fourth-order valence-electron chi connectivity index (χ4n) is 2.52. The SMILES string of the molecule is CC(Cl)c1nc2cc(Br)ccc2n1CCCOCC1CC1. The highest BCUT2D eigenvalue weighted by molar-refractivity contribution is 9.10. The van der Waals surface area contributed by atoms with Crippen LogP contribution in [-0.2, 0) is 11.3 Å². The second-order valence-corrected chi connectivity index (χ2v) is 7.31. The van der Waals surface area contributed by atoms with Crippen LogP contribution in [0.2, 0.25) is 0 Å². The lowest BCUT2D eigenvalue weighted by Gasteiger charge is -2.10. The molecule has 3 nitrogen and oxygen atoms in total. The van der Waals surface area contributed by atoms with E-state index in [4.69, 9.17) is 16.3 Å². The number of hydrogen-bond donors (Lipinski definition) is 0. The number of fused-ring (bicyclic) bond motifs is 1. The van der Waals surface area contributed by atoms with Gasteiger partial charge in [0.15, 0.2) is 0 Å². The Bertz CT molecular complexity index is 622. The van der Waals surface area contributed by atoms with Gasteiger partial charge in [0.05, 0.1) is 16.4 Å².